The number of thiazole rings is 1. The number of nitrogens with zero attached hydrogens (tertiary/aromatic N) is 3. The second kappa shape index (κ2) is 6.33. The first kappa shape index (κ1) is 14.3. The molecule has 0 aliphatic heterocycles. The van der Waals surface area contributed by atoms with Crippen molar-refractivity contribution in [3.05, 3.63) is 16.3 Å². The van der Waals surface area contributed by atoms with Crippen molar-refractivity contribution in [3.63, 3.8) is 0 Å². The molecule has 0 aliphatic rings. The maximum atomic E-state index is 12.0. The van der Waals surface area contributed by atoms with Crippen molar-refractivity contribution in [2.75, 3.05) is 18.9 Å². The zero-order valence-corrected chi connectivity index (χ0v) is 12.0. The molecule has 0 bridgehead atoms. The molecule has 0 aliphatic carbocycles. The third-order valence-corrected chi connectivity index (χ3v) is 3.42. The molecule has 0 radical (unpaired) electrons. The topological polar surface area (TPSA) is 116 Å². The Hall–Kier alpha value is -2.16. The average molecular weight is 297 g/mol. The third kappa shape index (κ3) is 3.23. The number of amides is 1. The number of hydrogen-bond acceptors (Lipinski definition) is 8. The van der Waals surface area contributed by atoms with Crippen LogP contribution >= 0.6 is 11.3 Å². The Kier molecular flexibility index (Phi) is 4.51. The Balaban J connectivity index is 1.82. The molecule has 0 aromatic carbocycles. The minimum Gasteiger partial charge on any atom is -0.472 e. The highest BCUT2D eigenvalue weighted by Crippen LogP contribution is 2.20. The largest absolute Gasteiger partial charge is 0.472 e. The van der Waals surface area contributed by atoms with Crippen LogP contribution in [-0.4, -0.2) is 34.4 Å². The quantitative estimate of drug-likeness (QED) is 0.757. The summed E-state index contributed by atoms with van der Waals surface area (Å²) in [5.41, 5.74) is 6.89. The van der Waals surface area contributed by atoms with Crippen LogP contribution in [0.4, 0.5) is 5.13 Å². The summed E-state index contributed by atoms with van der Waals surface area (Å²) in [7, 11) is 0. The number of aromatic nitrogens is 3. The zero-order valence-electron chi connectivity index (χ0n) is 11.2. The van der Waals surface area contributed by atoms with Gasteiger partial charge in [0, 0.05) is 0 Å². The van der Waals surface area contributed by atoms with Crippen molar-refractivity contribution in [2.24, 2.45) is 0 Å². The van der Waals surface area contributed by atoms with Crippen LogP contribution in [0.5, 0.6) is 5.88 Å². The van der Waals surface area contributed by atoms with Crippen LogP contribution in [0.1, 0.15) is 28.0 Å². The van der Waals surface area contributed by atoms with E-state index in [-0.39, 0.29) is 12.5 Å². The number of carbonyl (C=O) groups is 1. The van der Waals surface area contributed by atoms with E-state index in [0.717, 1.165) is 0 Å². The van der Waals surface area contributed by atoms with Crippen LogP contribution in [0.2, 0.25) is 0 Å². The Bertz CT molecular complexity index is 595. The van der Waals surface area contributed by atoms with Gasteiger partial charge in [-0.15, -0.1) is 0 Å². The summed E-state index contributed by atoms with van der Waals surface area (Å²) >= 11 is 1.18. The van der Waals surface area contributed by atoms with E-state index in [1.165, 1.54) is 11.3 Å². The molecule has 20 heavy (non-hydrogen) atoms. The molecule has 0 saturated heterocycles. The van der Waals surface area contributed by atoms with Crippen molar-refractivity contribution in [1.29, 1.82) is 0 Å². The lowest BCUT2D eigenvalue weighted by Crippen LogP contribution is -2.28. The number of nitrogen functional groups attached to an aromatic ring is 1. The fourth-order valence-corrected chi connectivity index (χ4v) is 2.37. The Morgan fingerprint density at radius 2 is 2.30 bits per heavy atom. The average Bonchev–Trinajstić information content (AvgIpc) is 3.00. The molecule has 9 heteroatoms. The van der Waals surface area contributed by atoms with Crippen LogP contribution in [0.3, 0.4) is 0 Å². The Morgan fingerprint density at radius 1 is 1.50 bits per heavy atom. The molecule has 0 atom stereocenters. The zero-order chi connectivity index (χ0) is 14.5. The van der Waals surface area contributed by atoms with Gasteiger partial charge in [0.05, 0.1) is 12.2 Å². The number of ether oxygens (including phenoxy) is 1. The minimum absolute atomic E-state index is 0.199. The molecule has 1 amide bonds. The molecule has 0 saturated carbocycles. The van der Waals surface area contributed by atoms with Crippen molar-refractivity contribution < 1.29 is 14.2 Å². The number of aryl methyl sites for hydroxylation is 2. The molecule has 0 unspecified atom stereocenters. The predicted molar refractivity (Wildman–Crippen MR) is 72.8 cm³/mol. The minimum atomic E-state index is -0.199. The highest BCUT2D eigenvalue weighted by molar-refractivity contribution is 7.17. The Labute approximate surface area is 119 Å². The summed E-state index contributed by atoms with van der Waals surface area (Å²) in [4.78, 5) is 16.6. The van der Waals surface area contributed by atoms with Gasteiger partial charge in [-0.2, -0.15) is 0 Å². The van der Waals surface area contributed by atoms with Gasteiger partial charge in [-0.1, -0.05) is 23.4 Å². The van der Waals surface area contributed by atoms with Gasteiger partial charge < -0.3 is 15.8 Å². The van der Waals surface area contributed by atoms with Crippen molar-refractivity contribution in [3.8, 4) is 5.88 Å². The number of nitrogens with one attached hydrogen (secondary N) is 1. The van der Waals surface area contributed by atoms with Gasteiger partial charge in [-0.3, -0.25) is 4.79 Å². The predicted octanol–water partition coefficient (Wildman–Crippen LogP) is 0.788. The molecule has 0 fully saturated rings. The number of nitrogens with two attached hydrogens (primary N) is 1. The number of hydrogen-bond donors (Lipinski definition) is 2. The standard InChI is InChI=1S/C11H15N5O3S/c1-3-7-8(20-11(12)14-7)9(17)13-4-5-18-10-6(2)15-19-16-10/h3-5H2,1-2H3,(H2,12,14)(H,13,17). The molecule has 2 rings (SSSR count). The Morgan fingerprint density at radius 3 is 2.95 bits per heavy atom. The molecule has 3 N–H and O–H groups in total. The van der Waals surface area contributed by atoms with Crippen LogP contribution in [0.25, 0.3) is 0 Å². The summed E-state index contributed by atoms with van der Waals surface area (Å²) in [6, 6.07) is 0. The van der Waals surface area contributed by atoms with E-state index >= 15 is 0 Å². The first-order valence-corrected chi connectivity index (χ1v) is 6.88. The first-order valence-electron chi connectivity index (χ1n) is 6.07. The van der Waals surface area contributed by atoms with Gasteiger partial charge in [0.15, 0.2) is 5.13 Å². The lowest BCUT2D eigenvalue weighted by Gasteiger charge is -2.05. The summed E-state index contributed by atoms with van der Waals surface area (Å²) in [5.74, 6) is 0.130. The summed E-state index contributed by atoms with van der Waals surface area (Å²) in [5, 5.41) is 10.3. The summed E-state index contributed by atoms with van der Waals surface area (Å²) < 4.78 is 9.80. The monoisotopic (exact) mass is 297 g/mol. The van der Waals surface area contributed by atoms with Gasteiger partial charge in [0.2, 0.25) is 0 Å². The lowest BCUT2D eigenvalue weighted by molar-refractivity contribution is 0.0949. The third-order valence-electron chi connectivity index (χ3n) is 2.49. The van der Waals surface area contributed by atoms with Gasteiger partial charge in [-0.25, -0.2) is 9.61 Å². The van der Waals surface area contributed by atoms with E-state index in [1.807, 2.05) is 6.92 Å². The van der Waals surface area contributed by atoms with E-state index < -0.39 is 0 Å². The summed E-state index contributed by atoms with van der Waals surface area (Å²) in [6.45, 7) is 4.26. The van der Waals surface area contributed by atoms with Gasteiger partial charge in [0.25, 0.3) is 11.8 Å². The van der Waals surface area contributed by atoms with Gasteiger partial charge in [-0.05, 0) is 18.5 Å². The van der Waals surface area contributed by atoms with Crippen molar-refractivity contribution >= 4 is 22.4 Å². The first-order chi connectivity index (χ1) is 9.61. The van der Waals surface area contributed by atoms with E-state index in [2.05, 4.69) is 25.2 Å². The number of rotatable bonds is 6. The maximum Gasteiger partial charge on any atom is 0.278 e. The van der Waals surface area contributed by atoms with Gasteiger partial charge >= 0.3 is 0 Å². The van der Waals surface area contributed by atoms with Crippen molar-refractivity contribution in [1.82, 2.24) is 20.6 Å². The maximum absolute atomic E-state index is 12.0. The summed E-state index contributed by atoms with van der Waals surface area (Å²) in [6.07, 6.45) is 0.663. The normalized spacial score (nSPS) is 10.5. The van der Waals surface area contributed by atoms with E-state index in [1.54, 1.807) is 6.92 Å². The highest BCUT2D eigenvalue weighted by Gasteiger charge is 2.15. The lowest BCUT2D eigenvalue weighted by atomic mass is 10.3. The molecule has 8 nitrogen and oxygen atoms in total. The van der Waals surface area contributed by atoms with E-state index in [0.29, 0.717) is 40.2 Å². The van der Waals surface area contributed by atoms with Gasteiger partial charge in [0.1, 0.15) is 17.2 Å². The fourth-order valence-electron chi connectivity index (χ4n) is 1.53. The highest BCUT2D eigenvalue weighted by atomic mass is 32.1. The number of carbonyl (C=O) groups excluding carboxylic acids is 1. The van der Waals surface area contributed by atoms with E-state index in [9.17, 15) is 4.79 Å². The molecule has 2 aromatic heterocycles. The van der Waals surface area contributed by atoms with Crippen LogP contribution in [0, 0.1) is 6.92 Å². The van der Waals surface area contributed by atoms with Crippen LogP contribution < -0.4 is 15.8 Å². The smallest absolute Gasteiger partial charge is 0.278 e. The SMILES string of the molecule is CCc1nc(N)sc1C(=O)NCCOc1nonc1C. The molecular weight excluding hydrogens is 282 g/mol. The second-order valence-electron chi connectivity index (χ2n) is 3.94. The molecule has 0 spiro atoms. The molecule has 108 valence electrons. The number of anilines is 1. The van der Waals surface area contributed by atoms with Crippen LogP contribution in [0.15, 0.2) is 4.63 Å². The van der Waals surface area contributed by atoms with E-state index in [4.69, 9.17) is 10.5 Å². The van der Waals surface area contributed by atoms with Crippen molar-refractivity contribution in [2.45, 2.75) is 20.3 Å². The second-order valence-corrected chi connectivity index (χ2v) is 4.97. The molecular formula is C11H15N5O3S. The molecule has 2 heterocycles. The molecule has 2 aromatic rings. The fraction of sp³-hybridized carbons (Fsp3) is 0.455. The van der Waals surface area contributed by atoms with Crippen LogP contribution in [-0.2, 0) is 6.42 Å².